The number of hydrogen-bond donors (Lipinski definition) is 0. The van der Waals surface area contributed by atoms with Crippen LogP contribution in [-0.4, -0.2) is 54.2 Å². The molecule has 2 aliphatic rings. The molecule has 2 rings (SSSR count). The molecule has 2 aliphatic heterocycles. The maximum Gasteiger partial charge on any atom is 0.113 e. The van der Waals surface area contributed by atoms with Crippen molar-refractivity contribution < 1.29 is 8.78 Å². The molecule has 0 amide bonds. The minimum Gasteiger partial charge on any atom is -0.298 e. The molecule has 1 saturated heterocycles. The van der Waals surface area contributed by atoms with Gasteiger partial charge in [0.25, 0.3) is 0 Å². The van der Waals surface area contributed by atoms with Crippen LogP contribution in [0, 0.1) is 0 Å². The summed E-state index contributed by atoms with van der Waals surface area (Å²) in [5, 5.41) is 0. The van der Waals surface area contributed by atoms with E-state index in [-0.39, 0.29) is 5.83 Å². The van der Waals surface area contributed by atoms with Crippen LogP contribution in [0.3, 0.4) is 0 Å². The van der Waals surface area contributed by atoms with Gasteiger partial charge in [-0.2, -0.15) is 0 Å². The highest BCUT2D eigenvalue weighted by Crippen LogP contribution is 2.14. The van der Waals surface area contributed by atoms with E-state index in [0.717, 1.165) is 32.5 Å². The van der Waals surface area contributed by atoms with Crippen LogP contribution in [0.4, 0.5) is 8.78 Å². The second-order valence-electron chi connectivity index (χ2n) is 6.32. The highest BCUT2D eigenvalue weighted by atomic mass is 19.1. The molecule has 0 bridgehead atoms. The van der Waals surface area contributed by atoms with E-state index >= 15 is 0 Å². The number of hydrogen-bond acceptors (Lipinski definition) is 2. The molecule has 0 saturated carbocycles. The van der Waals surface area contributed by atoms with Crippen molar-refractivity contribution in [2.24, 2.45) is 0 Å². The lowest BCUT2D eigenvalue weighted by atomic mass is 10.1. The summed E-state index contributed by atoms with van der Waals surface area (Å²) in [5.41, 5.74) is 0. The van der Waals surface area contributed by atoms with Gasteiger partial charge in [0.1, 0.15) is 6.17 Å². The van der Waals surface area contributed by atoms with E-state index in [1.807, 2.05) is 13.8 Å². The third kappa shape index (κ3) is 8.84. The molecule has 0 N–H and O–H groups in total. The molecular weight excluding hydrogens is 282 g/mol. The van der Waals surface area contributed by atoms with Crippen molar-refractivity contribution in [2.45, 2.75) is 79.1 Å². The summed E-state index contributed by atoms with van der Waals surface area (Å²) in [6.07, 6.45) is 3.49. The topological polar surface area (TPSA) is 6.48 Å². The van der Waals surface area contributed by atoms with Crippen molar-refractivity contribution in [1.29, 1.82) is 0 Å². The van der Waals surface area contributed by atoms with Gasteiger partial charge in [-0.05, 0) is 53.2 Å². The maximum absolute atomic E-state index is 12.8. The fraction of sp³-hybridized carbons (Fsp3) is 0.889. The minimum absolute atomic E-state index is 0.0527. The normalized spacial score (nSPS) is 23.4. The van der Waals surface area contributed by atoms with Crippen molar-refractivity contribution >= 4 is 0 Å². The summed E-state index contributed by atoms with van der Waals surface area (Å²) in [5.74, 6) is 0.0527. The molecule has 22 heavy (non-hydrogen) atoms. The zero-order valence-electron chi connectivity index (χ0n) is 15.4. The number of nitrogens with zero attached hydrogens (tertiary/aromatic N) is 2. The van der Waals surface area contributed by atoms with Crippen LogP contribution in [0.15, 0.2) is 11.9 Å². The standard InChI is InChI=1S/C8H14FN.C8H16FN.C2H6/c1-7(2)10-5-3-8(9)4-6-10;1-7(2)10-5-3-4-8(9)6-10;1-2/h3,7H,4-6H2,1-2H3;7-8H,3-6H2,1-2H3;1-2H3. The molecule has 0 radical (unpaired) electrons. The van der Waals surface area contributed by atoms with Gasteiger partial charge in [0, 0.05) is 38.1 Å². The van der Waals surface area contributed by atoms with E-state index in [1.165, 1.54) is 0 Å². The van der Waals surface area contributed by atoms with Crippen LogP contribution in [0.5, 0.6) is 0 Å². The third-order valence-electron chi connectivity index (χ3n) is 4.04. The summed E-state index contributed by atoms with van der Waals surface area (Å²) in [7, 11) is 0. The average Bonchev–Trinajstić information content (AvgIpc) is 2.50. The van der Waals surface area contributed by atoms with Gasteiger partial charge in [-0.15, -0.1) is 0 Å². The van der Waals surface area contributed by atoms with Crippen molar-refractivity contribution in [1.82, 2.24) is 9.80 Å². The molecule has 132 valence electrons. The Morgan fingerprint density at radius 2 is 1.64 bits per heavy atom. The van der Waals surface area contributed by atoms with Gasteiger partial charge in [0.05, 0.1) is 5.83 Å². The van der Waals surface area contributed by atoms with Crippen LogP contribution in [-0.2, 0) is 0 Å². The summed E-state index contributed by atoms with van der Waals surface area (Å²) >= 11 is 0. The number of rotatable bonds is 2. The van der Waals surface area contributed by atoms with Gasteiger partial charge in [0.15, 0.2) is 0 Å². The SMILES string of the molecule is CC.CC(C)N1CC=C(F)CC1.CC(C)N1CCCC(F)C1. The van der Waals surface area contributed by atoms with Gasteiger partial charge < -0.3 is 0 Å². The molecule has 2 nitrogen and oxygen atoms in total. The maximum atomic E-state index is 12.8. The lowest BCUT2D eigenvalue weighted by Gasteiger charge is -2.31. The first kappa shape index (κ1) is 21.5. The van der Waals surface area contributed by atoms with Gasteiger partial charge >= 0.3 is 0 Å². The fourth-order valence-electron chi connectivity index (χ4n) is 2.55. The predicted molar refractivity (Wildman–Crippen MR) is 92.7 cm³/mol. The van der Waals surface area contributed by atoms with E-state index in [1.54, 1.807) is 6.08 Å². The average molecular weight is 318 g/mol. The molecule has 0 spiro atoms. The second kappa shape index (κ2) is 12.0. The third-order valence-corrected chi connectivity index (χ3v) is 4.04. The Balaban J connectivity index is 0.000000360. The van der Waals surface area contributed by atoms with Gasteiger partial charge in [0.2, 0.25) is 0 Å². The van der Waals surface area contributed by atoms with E-state index in [2.05, 4.69) is 37.5 Å². The zero-order valence-corrected chi connectivity index (χ0v) is 15.4. The predicted octanol–water partition coefficient (Wildman–Crippen LogP) is 4.81. The fourth-order valence-corrected chi connectivity index (χ4v) is 2.55. The van der Waals surface area contributed by atoms with Crippen LogP contribution in [0.2, 0.25) is 0 Å². The van der Waals surface area contributed by atoms with Crippen molar-refractivity contribution in [2.75, 3.05) is 26.2 Å². The van der Waals surface area contributed by atoms with Gasteiger partial charge in [-0.3, -0.25) is 9.80 Å². The van der Waals surface area contributed by atoms with Crippen LogP contribution < -0.4 is 0 Å². The molecule has 4 heteroatoms. The molecular formula is C18H36F2N2. The molecule has 0 aliphatic carbocycles. The van der Waals surface area contributed by atoms with Gasteiger partial charge in [-0.25, -0.2) is 8.78 Å². The van der Waals surface area contributed by atoms with Crippen molar-refractivity contribution in [3.63, 3.8) is 0 Å². The largest absolute Gasteiger partial charge is 0.298 e. The highest BCUT2D eigenvalue weighted by molar-refractivity contribution is 4.99. The lowest BCUT2D eigenvalue weighted by Crippen LogP contribution is -2.40. The lowest BCUT2D eigenvalue weighted by molar-refractivity contribution is 0.112. The summed E-state index contributed by atoms with van der Waals surface area (Å²) < 4.78 is 25.2. The first-order valence-electron chi connectivity index (χ1n) is 8.86. The van der Waals surface area contributed by atoms with Crippen LogP contribution in [0.1, 0.15) is 60.8 Å². The van der Waals surface area contributed by atoms with Crippen LogP contribution >= 0.6 is 0 Å². The van der Waals surface area contributed by atoms with E-state index in [0.29, 0.717) is 25.0 Å². The molecule has 0 aromatic rings. The molecule has 1 atom stereocenters. The van der Waals surface area contributed by atoms with E-state index in [9.17, 15) is 8.78 Å². The molecule has 1 unspecified atom stereocenters. The summed E-state index contributed by atoms with van der Waals surface area (Å²) in [4.78, 5) is 4.46. The highest BCUT2D eigenvalue weighted by Gasteiger charge is 2.20. The van der Waals surface area contributed by atoms with Gasteiger partial charge in [-0.1, -0.05) is 13.8 Å². The first-order chi connectivity index (χ1) is 10.4. The second-order valence-corrected chi connectivity index (χ2v) is 6.32. The number of likely N-dealkylation sites (tertiary alicyclic amines) is 1. The number of piperidine rings is 1. The van der Waals surface area contributed by atoms with Crippen molar-refractivity contribution in [3.05, 3.63) is 11.9 Å². The summed E-state index contributed by atoms with van der Waals surface area (Å²) in [6.45, 7) is 15.9. The Bertz CT molecular complexity index is 303. The van der Waals surface area contributed by atoms with Crippen molar-refractivity contribution in [3.8, 4) is 0 Å². The zero-order chi connectivity index (χ0) is 17.1. The Labute approximate surface area is 136 Å². The molecule has 0 aromatic carbocycles. The number of alkyl halides is 1. The molecule has 1 fully saturated rings. The van der Waals surface area contributed by atoms with Crippen LogP contribution in [0.25, 0.3) is 0 Å². The smallest absolute Gasteiger partial charge is 0.113 e. The van der Waals surface area contributed by atoms with E-state index < -0.39 is 6.17 Å². The minimum atomic E-state index is -0.573. The Morgan fingerprint density at radius 1 is 1.05 bits per heavy atom. The van der Waals surface area contributed by atoms with E-state index in [4.69, 9.17) is 0 Å². The monoisotopic (exact) mass is 318 g/mol. The summed E-state index contributed by atoms with van der Waals surface area (Å²) in [6, 6.07) is 1.06. The molecule has 0 aromatic heterocycles. The Hall–Kier alpha value is -0.480. The number of halogens is 2. The first-order valence-corrected chi connectivity index (χ1v) is 8.86. The Morgan fingerprint density at radius 3 is 2.00 bits per heavy atom. The Kier molecular flexibility index (Phi) is 11.7. The quantitative estimate of drug-likeness (QED) is 0.721. The molecule has 2 heterocycles.